The third-order valence-electron chi connectivity index (χ3n) is 2.81. The summed E-state index contributed by atoms with van der Waals surface area (Å²) >= 11 is 0. The number of nitro benzene ring substituents is 1. The fourth-order valence-electron chi connectivity index (χ4n) is 1.85. The minimum absolute atomic E-state index is 0.000534. The van der Waals surface area contributed by atoms with Gasteiger partial charge in [-0.15, -0.1) is 0 Å². The van der Waals surface area contributed by atoms with E-state index in [9.17, 15) is 10.1 Å². The van der Waals surface area contributed by atoms with Gasteiger partial charge >= 0.3 is 5.69 Å². The van der Waals surface area contributed by atoms with Gasteiger partial charge in [-0.3, -0.25) is 10.1 Å². The lowest BCUT2D eigenvalue weighted by Gasteiger charge is -2.17. The summed E-state index contributed by atoms with van der Waals surface area (Å²) in [7, 11) is 0. The van der Waals surface area contributed by atoms with Crippen molar-refractivity contribution in [2.45, 2.75) is 32.7 Å². The Morgan fingerprint density at radius 3 is 2.74 bits per heavy atom. The lowest BCUT2D eigenvalue weighted by atomic mass is 10.1. The van der Waals surface area contributed by atoms with E-state index in [-0.39, 0.29) is 24.1 Å². The molecule has 1 aromatic rings. The summed E-state index contributed by atoms with van der Waals surface area (Å²) in [5.74, 6) is 0.261. The minimum atomic E-state index is -0.445. The Morgan fingerprint density at radius 1 is 1.47 bits per heavy atom. The molecule has 0 bridgehead atoms. The summed E-state index contributed by atoms with van der Waals surface area (Å²) in [4.78, 5) is 10.7. The van der Waals surface area contributed by atoms with Crippen LogP contribution in [0.5, 0.6) is 5.75 Å². The number of nitro groups is 1. The molecule has 106 valence electrons. The molecule has 0 radical (unpaired) electrons. The Morgan fingerprint density at radius 2 is 2.21 bits per heavy atom. The van der Waals surface area contributed by atoms with E-state index in [1.165, 1.54) is 0 Å². The highest BCUT2D eigenvalue weighted by Crippen LogP contribution is 2.35. The van der Waals surface area contributed by atoms with Crippen LogP contribution in [0.15, 0.2) is 18.2 Å². The standard InChI is InChI=1S/C13H20N2O4/c1-3-10(8-9-16)14-11-6-5-7-12(19-4-2)13(11)15(17)18/h5-7,10,14,16H,3-4,8-9H2,1-2H3. The van der Waals surface area contributed by atoms with E-state index in [0.29, 0.717) is 18.7 Å². The van der Waals surface area contributed by atoms with Crippen molar-refractivity contribution in [2.24, 2.45) is 0 Å². The van der Waals surface area contributed by atoms with Crippen LogP contribution in [-0.4, -0.2) is 29.3 Å². The topological polar surface area (TPSA) is 84.6 Å². The molecule has 1 unspecified atom stereocenters. The number of aliphatic hydroxyl groups excluding tert-OH is 1. The number of para-hydroxylation sites is 1. The van der Waals surface area contributed by atoms with Gasteiger partial charge in [0.05, 0.1) is 11.5 Å². The molecule has 0 saturated carbocycles. The van der Waals surface area contributed by atoms with E-state index in [4.69, 9.17) is 9.84 Å². The normalized spacial score (nSPS) is 11.9. The van der Waals surface area contributed by atoms with Crippen LogP contribution in [0.1, 0.15) is 26.7 Å². The number of nitrogens with zero attached hydrogens (tertiary/aromatic N) is 1. The summed E-state index contributed by atoms with van der Waals surface area (Å²) in [5.41, 5.74) is 0.372. The number of hydrogen-bond acceptors (Lipinski definition) is 5. The molecular weight excluding hydrogens is 248 g/mol. The van der Waals surface area contributed by atoms with E-state index in [2.05, 4.69) is 5.32 Å². The zero-order chi connectivity index (χ0) is 14.3. The summed E-state index contributed by atoms with van der Waals surface area (Å²) < 4.78 is 5.28. The first kappa shape index (κ1) is 15.2. The van der Waals surface area contributed by atoms with Crippen LogP contribution in [0, 0.1) is 10.1 Å². The van der Waals surface area contributed by atoms with Gasteiger partial charge in [0.15, 0.2) is 5.75 Å². The lowest BCUT2D eigenvalue weighted by molar-refractivity contribution is -0.385. The molecule has 0 amide bonds. The van der Waals surface area contributed by atoms with Crippen LogP contribution in [0.4, 0.5) is 11.4 Å². The van der Waals surface area contributed by atoms with Gasteiger partial charge in [-0.1, -0.05) is 13.0 Å². The predicted octanol–water partition coefficient (Wildman–Crippen LogP) is 2.57. The van der Waals surface area contributed by atoms with Gasteiger partial charge in [0.25, 0.3) is 0 Å². The molecule has 0 spiro atoms. The van der Waals surface area contributed by atoms with Crippen LogP contribution in [-0.2, 0) is 0 Å². The zero-order valence-electron chi connectivity index (χ0n) is 11.3. The second-order valence-electron chi connectivity index (χ2n) is 4.10. The third-order valence-corrected chi connectivity index (χ3v) is 2.81. The largest absolute Gasteiger partial charge is 0.487 e. The fourth-order valence-corrected chi connectivity index (χ4v) is 1.85. The quantitative estimate of drug-likeness (QED) is 0.559. The van der Waals surface area contributed by atoms with Gasteiger partial charge in [0.2, 0.25) is 0 Å². The number of rotatable bonds is 8. The molecule has 1 atom stereocenters. The number of aliphatic hydroxyl groups is 1. The van der Waals surface area contributed by atoms with E-state index in [1.54, 1.807) is 25.1 Å². The number of benzene rings is 1. The van der Waals surface area contributed by atoms with E-state index < -0.39 is 4.92 Å². The molecule has 6 heteroatoms. The second-order valence-corrected chi connectivity index (χ2v) is 4.10. The molecule has 0 heterocycles. The first-order valence-electron chi connectivity index (χ1n) is 6.41. The van der Waals surface area contributed by atoms with Crippen molar-refractivity contribution in [2.75, 3.05) is 18.5 Å². The molecule has 0 aromatic heterocycles. The van der Waals surface area contributed by atoms with Crippen LogP contribution >= 0.6 is 0 Å². The lowest BCUT2D eigenvalue weighted by Crippen LogP contribution is -2.20. The summed E-state index contributed by atoms with van der Waals surface area (Å²) in [6.07, 6.45) is 1.32. The maximum Gasteiger partial charge on any atom is 0.333 e. The second kappa shape index (κ2) is 7.58. The monoisotopic (exact) mass is 268 g/mol. The van der Waals surface area contributed by atoms with Crippen LogP contribution in [0.25, 0.3) is 0 Å². The van der Waals surface area contributed by atoms with E-state index in [1.807, 2.05) is 6.92 Å². The highest BCUT2D eigenvalue weighted by molar-refractivity contribution is 5.68. The van der Waals surface area contributed by atoms with Gasteiger partial charge in [0.1, 0.15) is 5.69 Å². The fraction of sp³-hybridized carbons (Fsp3) is 0.538. The van der Waals surface area contributed by atoms with E-state index >= 15 is 0 Å². The molecule has 6 nitrogen and oxygen atoms in total. The van der Waals surface area contributed by atoms with Gasteiger partial charge in [-0.05, 0) is 31.9 Å². The number of ether oxygens (including phenoxy) is 1. The average Bonchev–Trinajstić information content (AvgIpc) is 2.38. The van der Waals surface area contributed by atoms with Crippen molar-refractivity contribution in [3.8, 4) is 5.75 Å². The zero-order valence-corrected chi connectivity index (χ0v) is 11.3. The van der Waals surface area contributed by atoms with E-state index in [0.717, 1.165) is 6.42 Å². The average molecular weight is 268 g/mol. The Hall–Kier alpha value is -1.82. The molecule has 0 aliphatic carbocycles. The number of anilines is 1. The Labute approximate surface area is 112 Å². The summed E-state index contributed by atoms with van der Waals surface area (Å²) in [6.45, 7) is 4.17. The van der Waals surface area contributed by atoms with Crippen molar-refractivity contribution in [3.05, 3.63) is 28.3 Å². The van der Waals surface area contributed by atoms with Crippen molar-refractivity contribution in [3.63, 3.8) is 0 Å². The Bertz CT molecular complexity index is 423. The molecule has 2 N–H and O–H groups in total. The highest BCUT2D eigenvalue weighted by atomic mass is 16.6. The molecule has 0 aliphatic heterocycles. The van der Waals surface area contributed by atoms with Gasteiger partial charge in [-0.25, -0.2) is 0 Å². The predicted molar refractivity (Wildman–Crippen MR) is 73.7 cm³/mol. The Kier molecular flexibility index (Phi) is 6.08. The minimum Gasteiger partial charge on any atom is -0.487 e. The van der Waals surface area contributed by atoms with Crippen LogP contribution < -0.4 is 10.1 Å². The molecule has 0 fully saturated rings. The van der Waals surface area contributed by atoms with Crippen molar-refractivity contribution in [1.29, 1.82) is 0 Å². The molecule has 0 aliphatic rings. The van der Waals surface area contributed by atoms with Crippen LogP contribution in [0.2, 0.25) is 0 Å². The molecule has 19 heavy (non-hydrogen) atoms. The third kappa shape index (κ3) is 4.10. The molecule has 1 aromatic carbocycles. The number of nitrogens with one attached hydrogen (secondary N) is 1. The first-order chi connectivity index (χ1) is 9.13. The van der Waals surface area contributed by atoms with Crippen molar-refractivity contribution >= 4 is 11.4 Å². The summed E-state index contributed by atoms with van der Waals surface area (Å²) in [6, 6.07) is 4.95. The Balaban J connectivity index is 3.04. The number of hydrogen-bond donors (Lipinski definition) is 2. The first-order valence-corrected chi connectivity index (χ1v) is 6.41. The highest BCUT2D eigenvalue weighted by Gasteiger charge is 2.22. The molecular formula is C13H20N2O4. The smallest absolute Gasteiger partial charge is 0.333 e. The van der Waals surface area contributed by atoms with Gasteiger partial charge in [-0.2, -0.15) is 0 Å². The van der Waals surface area contributed by atoms with Crippen molar-refractivity contribution in [1.82, 2.24) is 0 Å². The summed E-state index contributed by atoms with van der Waals surface area (Å²) in [5, 5.41) is 23.2. The van der Waals surface area contributed by atoms with Crippen molar-refractivity contribution < 1.29 is 14.8 Å². The maximum atomic E-state index is 11.2. The van der Waals surface area contributed by atoms with Crippen LogP contribution in [0.3, 0.4) is 0 Å². The SMILES string of the molecule is CCOc1cccc(NC(CC)CCO)c1[N+](=O)[O-]. The molecule has 1 rings (SSSR count). The maximum absolute atomic E-state index is 11.2. The van der Waals surface area contributed by atoms with Gasteiger partial charge in [0, 0.05) is 12.6 Å². The van der Waals surface area contributed by atoms with Gasteiger partial charge < -0.3 is 15.2 Å². The molecule has 0 saturated heterocycles.